The number of hydrogen-bond donors (Lipinski definition) is 0. The maximum atomic E-state index is 13.3. The van der Waals surface area contributed by atoms with Crippen molar-refractivity contribution in [1.29, 1.82) is 0 Å². The average molecular weight is 421 g/mol. The first-order valence-electron chi connectivity index (χ1n) is 9.40. The van der Waals surface area contributed by atoms with E-state index in [2.05, 4.69) is 6.92 Å². The van der Waals surface area contributed by atoms with Gasteiger partial charge in [-0.25, -0.2) is 8.42 Å². The number of sulfonamides is 1. The maximum absolute atomic E-state index is 13.3. The van der Waals surface area contributed by atoms with Crippen molar-refractivity contribution < 1.29 is 13.2 Å². The quantitative estimate of drug-likeness (QED) is 0.731. The van der Waals surface area contributed by atoms with E-state index in [1.807, 2.05) is 6.92 Å². The predicted octanol–water partition coefficient (Wildman–Crippen LogP) is 4.10. The Morgan fingerprint density at radius 3 is 2.39 bits per heavy atom. The summed E-state index contributed by atoms with van der Waals surface area (Å²) >= 11 is 5.97. The normalized spacial score (nSPS) is 17.4. The molecule has 0 unspecified atom stereocenters. The molecule has 1 fully saturated rings. The predicted molar refractivity (Wildman–Crippen MR) is 112 cm³/mol. The van der Waals surface area contributed by atoms with Crippen LogP contribution < -0.4 is 4.31 Å². The van der Waals surface area contributed by atoms with E-state index in [0.717, 1.165) is 18.4 Å². The molecule has 3 rings (SSSR count). The van der Waals surface area contributed by atoms with Gasteiger partial charge in [-0.15, -0.1) is 0 Å². The number of amides is 1. The zero-order chi connectivity index (χ0) is 20.3. The van der Waals surface area contributed by atoms with Gasteiger partial charge in [-0.3, -0.25) is 9.10 Å². The molecule has 0 aromatic heterocycles. The van der Waals surface area contributed by atoms with E-state index in [1.165, 1.54) is 4.31 Å². The van der Waals surface area contributed by atoms with Gasteiger partial charge < -0.3 is 4.90 Å². The number of carbonyl (C=O) groups excluding carboxylic acids is 1. The minimum Gasteiger partial charge on any atom is -0.341 e. The van der Waals surface area contributed by atoms with E-state index in [4.69, 9.17) is 11.6 Å². The summed E-state index contributed by atoms with van der Waals surface area (Å²) in [5.74, 6) is 0.243. The van der Waals surface area contributed by atoms with Gasteiger partial charge in [0, 0.05) is 18.1 Å². The Morgan fingerprint density at radius 2 is 1.79 bits per heavy atom. The van der Waals surface area contributed by atoms with Crippen molar-refractivity contribution >= 4 is 33.2 Å². The molecule has 0 radical (unpaired) electrons. The lowest BCUT2D eigenvalue weighted by atomic mass is 10.0. The van der Waals surface area contributed by atoms with E-state index < -0.39 is 10.0 Å². The summed E-state index contributed by atoms with van der Waals surface area (Å²) in [5, 5.41) is 0.507. The summed E-state index contributed by atoms with van der Waals surface area (Å²) in [7, 11) is -3.89. The third-order valence-corrected chi connectivity index (χ3v) is 7.05. The Morgan fingerprint density at radius 1 is 1.14 bits per heavy atom. The highest BCUT2D eigenvalue weighted by molar-refractivity contribution is 7.92. The van der Waals surface area contributed by atoms with Crippen molar-refractivity contribution in [3.05, 3.63) is 59.1 Å². The van der Waals surface area contributed by atoms with Crippen molar-refractivity contribution in [2.24, 2.45) is 5.92 Å². The molecule has 150 valence electrons. The van der Waals surface area contributed by atoms with Crippen LogP contribution in [0.2, 0.25) is 5.02 Å². The number of anilines is 1. The minimum atomic E-state index is -3.89. The molecule has 7 heteroatoms. The topological polar surface area (TPSA) is 57.7 Å². The highest BCUT2D eigenvalue weighted by Crippen LogP contribution is 2.26. The molecule has 28 heavy (non-hydrogen) atoms. The number of aryl methyl sites for hydroxylation is 1. The molecular weight excluding hydrogens is 396 g/mol. The molecule has 0 saturated carbocycles. The van der Waals surface area contributed by atoms with Crippen LogP contribution in [0.5, 0.6) is 0 Å². The highest BCUT2D eigenvalue weighted by Gasteiger charge is 2.30. The van der Waals surface area contributed by atoms with E-state index in [0.29, 0.717) is 29.7 Å². The second kappa shape index (κ2) is 8.53. The molecule has 1 saturated heterocycles. The van der Waals surface area contributed by atoms with Gasteiger partial charge in [0.05, 0.1) is 10.6 Å². The molecule has 2 aromatic rings. The standard InChI is InChI=1S/C21H25ClN2O3S/c1-16-5-11-20(12-6-16)28(26,27)24(19-9-7-18(22)8-10-19)15-21(25)23-13-3-4-17(2)14-23/h5-12,17H,3-4,13-15H2,1-2H3/t17-/m1/s1. The first-order valence-corrected chi connectivity index (χ1v) is 11.2. The second-order valence-electron chi connectivity index (χ2n) is 7.39. The zero-order valence-corrected chi connectivity index (χ0v) is 17.7. The molecule has 0 bridgehead atoms. The smallest absolute Gasteiger partial charge is 0.264 e. The molecule has 1 atom stereocenters. The zero-order valence-electron chi connectivity index (χ0n) is 16.1. The van der Waals surface area contributed by atoms with Crippen LogP contribution in [0.25, 0.3) is 0 Å². The third kappa shape index (κ3) is 4.67. The number of rotatable bonds is 5. The molecule has 5 nitrogen and oxygen atoms in total. The number of carbonyl (C=O) groups is 1. The van der Waals surface area contributed by atoms with Gasteiger partial charge in [-0.05, 0) is 62.1 Å². The SMILES string of the molecule is Cc1ccc(S(=O)(=O)N(CC(=O)N2CCC[C@@H](C)C2)c2ccc(Cl)cc2)cc1. The minimum absolute atomic E-state index is 0.160. The Kier molecular flexibility index (Phi) is 6.30. The number of nitrogens with zero attached hydrogens (tertiary/aromatic N) is 2. The highest BCUT2D eigenvalue weighted by atomic mass is 35.5. The first kappa shape index (κ1) is 20.7. The molecule has 1 amide bonds. The van der Waals surface area contributed by atoms with Gasteiger partial charge in [-0.1, -0.05) is 36.2 Å². The lowest BCUT2D eigenvalue weighted by Gasteiger charge is -2.33. The molecule has 1 heterocycles. The monoisotopic (exact) mass is 420 g/mol. The van der Waals surface area contributed by atoms with Gasteiger partial charge in [0.15, 0.2) is 0 Å². The van der Waals surface area contributed by atoms with Crippen LogP contribution in [0, 0.1) is 12.8 Å². The summed E-state index contributed by atoms with van der Waals surface area (Å²) in [5.41, 5.74) is 1.39. The van der Waals surface area contributed by atoms with Crippen molar-refractivity contribution in [1.82, 2.24) is 4.90 Å². The van der Waals surface area contributed by atoms with Crippen molar-refractivity contribution in [3.8, 4) is 0 Å². The molecule has 0 N–H and O–H groups in total. The number of benzene rings is 2. The summed E-state index contributed by atoms with van der Waals surface area (Å²) < 4.78 is 27.8. The second-order valence-corrected chi connectivity index (χ2v) is 9.69. The maximum Gasteiger partial charge on any atom is 0.264 e. The fraction of sp³-hybridized carbons (Fsp3) is 0.381. The number of halogens is 1. The summed E-state index contributed by atoms with van der Waals surface area (Å²) in [6, 6.07) is 13.1. The summed E-state index contributed by atoms with van der Waals surface area (Å²) in [4.78, 5) is 14.8. The summed E-state index contributed by atoms with van der Waals surface area (Å²) in [6.45, 7) is 5.11. The summed E-state index contributed by atoms with van der Waals surface area (Å²) in [6.07, 6.45) is 2.03. The molecule has 1 aliphatic rings. The Labute approximate surface area is 172 Å². The van der Waals surface area contributed by atoms with Gasteiger partial charge in [0.25, 0.3) is 10.0 Å². The molecular formula is C21H25ClN2O3S. The van der Waals surface area contributed by atoms with Crippen LogP contribution in [0.3, 0.4) is 0 Å². The van der Waals surface area contributed by atoms with Crippen LogP contribution in [-0.2, 0) is 14.8 Å². The Balaban J connectivity index is 1.94. The van der Waals surface area contributed by atoms with E-state index in [-0.39, 0.29) is 17.3 Å². The fourth-order valence-corrected chi connectivity index (χ4v) is 4.94. The first-order chi connectivity index (χ1) is 13.3. The van der Waals surface area contributed by atoms with Crippen molar-refractivity contribution in [2.45, 2.75) is 31.6 Å². The number of piperidine rings is 1. The van der Waals surface area contributed by atoms with Gasteiger partial charge >= 0.3 is 0 Å². The van der Waals surface area contributed by atoms with E-state index in [1.54, 1.807) is 53.4 Å². The lowest BCUT2D eigenvalue weighted by molar-refractivity contribution is -0.131. The van der Waals surface area contributed by atoms with Crippen LogP contribution in [-0.4, -0.2) is 38.9 Å². The van der Waals surface area contributed by atoms with Crippen molar-refractivity contribution in [3.63, 3.8) is 0 Å². The number of likely N-dealkylation sites (tertiary alicyclic amines) is 1. The number of hydrogen-bond acceptors (Lipinski definition) is 3. The molecule has 1 aliphatic heterocycles. The molecule has 2 aromatic carbocycles. The third-order valence-electron chi connectivity index (χ3n) is 5.01. The van der Waals surface area contributed by atoms with Gasteiger partial charge in [-0.2, -0.15) is 0 Å². The molecule has 0 aliphatic carbocycles. The van der Waals surface area contributed by atoms with Crippen LogP contribution >= 0.6 is 11.6 Å². The van der Waals surface area contributed by atoms with Gasteiger partial charge in [0.2, 0.25) is 5.91 Å². The fourth-order valence-electron chi connectivity index (χ4n) is 3.40. The van der Waals surface area contributed by atoms with E-state index >= 15 is 0 Å². The van der Waals surface area contributed by atoms with Crippen LogP contribution in [0.4, 0.5) is 5.69 Å². The van der Waals surface area contributed by atoms with Crippen LogP contribution in [0.15, 0.2) is 53.4 Å². The van der Waals surface area contributed by atoms with E-state index in [9.17, 15) is 13.2 Å². The van der Waals surface area contributed by atoms with Crippen LogP contribution in [0.1, 0.15) is 25.3 Å². The lowest BCUT2D eigenvalue weighted by Crippen LogP contribution is -2.46. The largest absolute Gasteiger partial charge is 0.341 e. The Hall–Kier alpha value is -2.05. The van der Waals surface area contributed by atoms with Crippen molar-refractivity contribution in [2.75, 3.05) is 23.9 Å². The average Bonchev–Trinajstić information content (AvgIpc) is 2.67. The Bertz CT molecular complexity index is 927. The molecule has 0 spiro atoms. The van der Waals surface area contributed by atoms with Gasteiger partial charge in [0.1, 0.15) is 6.54 Å².